The highest BCUT2D eigenvalue weighted by molar-refractivity contribution is 6.32. The minimum Gasteiger partial charge on any atom is -0.371 e. The molecule has 0 saturated carbocycles. The molecule has 4 aliphatic heterocycles. The van der Waals surface area contributed by atoms with E-state index < -0.39 is 0 Å². The van der Waals surface area contributed by atoms with Crippen molar-refractivity contribution < 1.29 is 0 Å². The lowest BCUT2D eigenvalue weighted by molar-refractivity contribution is 0.0449. The maximum Gasteiger partial charge on any atom is 0.227 e. The van der Waals surface area contributed by atoms with E-state index in [1.807, 2.05) is 10.8 Å². The topological polar surface area (TPSA) is 80.6 Å². The molecule has 4 aromatic rings. The van der Waals surface area contributed by atoms with Crippen LogP contribution in [0, 0.1) is 5.92 Å². The van der Waals surface area contributed by atoms with Crippen LogP contribution in [0.3, 0.4) is 0 Å². The number of hydrogen-bond donors (Lipinski definition) is 2. The van der Waals surface area contributed by atoms with Gasteiger partial charge in [-0.3, -0.25) is 9.58 Å². The molecule has 0 amide bonds. The second-order valence-corrected chi connectivity index (χ2v) is 17.1. The average molecular weight is 785 g/mol. The van der Waals surface area contributed by atoms with Gasteiger partial charge in [-0.1, -0.05) is 37.4 Å². The first-order valence-corrected chi connectivity index (χ1v) is 20.8. The van der Waals surface area contributed by atoms with Crippen LogP contribution < -0.4 is 25.3 Å². The van der Waals surface area contributed by atoms with Crippen LogP contribution in [0.2, 0.25) is 5.02 Å². The van der Waals surface area contributed by atoms with Gasteiger partial charge in [-0.2, -0.15) is 10.1 Å². The van der Waals surface area contributed by atoms with Gasteiger partial charge in [0.25, 0.3) is 0 Å². The van der Waals surface area contributed by atoms with Gasteiger partial charge in [-0.05, 0) is 106 Å². The van der Waals surface area contributed by atoms with Crippen molar-refractivity contribution in [2.24, 2.45) is 13.0 Å². The first-order chi connectivity index (χ1) is 27.4. The number of piperidine rings is 2. The fraction of sp³-hybridized carbons (Fsp3) is 0.413. The van der Waals surface area contributed by atoms with Crippen LogP contribution in [-0.2, 0) is 7.05 Å². The second kappa shape index (κ2) is 15.7. The van der Waals surface area contributed by atoms with Gasteiger partial charge in [0.05, 0.1) is 17.4 Å². The largest absolute Gasteiger partial charge is 0.371 e. The van der Waals surface area contributed by atoms with E-state index in [9.17, 15) is 0 Å². The lowest BCUT2D eigenvalue weighted by Crippen LogP contribution is -2.59. The molecule has 1 atom stereocenters. The molecule has 0 bridgehead atoms. The van der Waals surface area contributed by atoms with Crippen LogP contribution in [-0.4, -0.2) is 76.5 Å². The number of aromatic nitrogens is 4. The van der Waals surface area contributed by atoms with Crippen LogP contribution in [0.5, 0.6) is 0 Å². The summed E-state index contributed by atoms with van der Waals surface area (Å²) in [6.45, 7) is 27.2. The highest BCUT2D eigenvalue weighted by Crippen LogP contribution is 2.40. The zero-order chi connectivity index (χ0) is 40.0. The number of nitrogens with one attached hydrogen (secondary N) is 2. The monoisotopic (exact) mass is 784 g/mol. The molecular weight excluding hydrogens is 728 g/mol. The Morgan fingerprint density at radius 2 is 1.74 bits per heavy atom. The molecule has 0 spiro atoms. The number of fused-ring (bicyclic) bond motifs is 2. The molecular formula is C46H57ClN10. The molecule has 0 aliphatic carbocycles. The summed E-state index contributed by atoms with van der Waals surface area (Å²) in [5.74, 6) is 2.13. The predicted molar refractivity (Wildman–Crippen MR) is 239 cm³/mol. The molecule has 6 heterocycles. The number of rotatable bonds is 10. The third kappa shape index (κ3) is 7.57. The van der Waals surface area contributed by atoms with Gasteiger partial charge >= 0.3 is 0 Å². The van der Waals surface area contributed by atoms with Crippen molar-refractivity contribution in [1.29, 1.82) is 0 Å². The molecule has 57 heavy (non-hydrogen) atoms. The average Bonchev–Trinajstić information content (AvgIpc) is 3.54. The zero-order valence-corrected chi connectivity index (χ0v) is 34.9. The lowest BCUT2D eigenvalue weighted by atomic mass is 9.78. The fourth-order valence-electron chi connectivity index (χ4n) is 9.38. The standard InChI is InChI=1S/C46H57ClN10/c1-9-10-11-33-26-34-27-36(13-17-41(34)53(7)32(33)4)50-44-40(47)29-48-45(51-44)56-22-24-57(25-23-56)46(5,6)35-18-20-55(21-19-35)37-14-16-39-42(28-37)54(8)52-43(39)38-15-12-30(2)49-31(38)3/h9,13-14,16-17,26-29,35,38,49H,1-4,10-12,15,18-25H2,5-8H3,(H,48,50,51). The van der Waals surface area contributed by atoms with Crippen LogP contribution in [0.4, 0.5) is 28.8 Å². The first-order valence-electron chi connectivity index (χ1n) is 20.4. The van der Waals surface area contributed by atoms with Crippen molar-refractivity contribution in [1.82, 2.24) is 30.0 Å². The summed E-state index contributed by atoms with van der Waals surface area (Å²) in [7, 11) is 4.13. The quantitative estimate of drug-likeness (QED) is 0.153. The molecule has 1 unspecified atom stereocenters. The molecule has 3 saturated heterocycles. The lowest BCUT2D eigenvalue weighted by Gasteiger charge is -2.50. The number of piperazine rings is 1. The summed E-state index contributed by atoms with van der Waals surface area (Å²) < 4.78 is 2.04. The van der Waals surface area contributed by atoms with Crippen LogP contribution >= 0.6 is 11.6 Å². The van der Waals surface area contributed by atoms with E-state index in [4.69, 9.17) is 21.7 Å². The van der Waals surface area contributed by atoms with E-state index in [0.29, 0.717) is 22.7 Å². The van der Waals surface area contributed by atoms with E-state index >= 15 is 0 Å². The van der Waals surface area contributed by atoms with Crippen molar-refractivity contribution in [3.05, 3.63) is 114 Å². The van der Waals surface area contributed by atoms with Crippen molar-refractivity contribution in [2.75, 3.05) is 66.3 Å². The molecule has 0 radical (unpaired) electrons. The maximum atomic E-state index is 6.67. The molecule has 2 aromatic carbocycles. The van der Waals surface area contributed by atoms with E-state index in [1.165, 1.54) is 22.2 Å². The van der Waals surface area contributed by atoms with Gasteiger partial charge in [0.15, 0.2) is 5.82 Å². The highest BCUT2D eigenvalue weighted by Gasteiger charge is 2.39. The first kappa shape index (κ1) is 38.8. The van der Waals surface area contributed by atoms with Crippen LogP contribution in [0.15, 0.2) is 97.7 Å². The summed E-state index contributed by atoms with van der Waals surface area (Å²) in [5.41, 5.74) is 11.1. The predicted octanol–water partition coefficient (Wildman–Crippen LogP) is 9.39. The maximum absolute atomic E-state index is 6.67. The molecule has 3 fully saturated rings. The Balaban J connectivity index is 0.879. The summed E-state index contributed by atoms with van der Waals surface area (Å²) in [5, 5.41) is 13.5. The van der Waals surface area contributed by atoms with Gasteiger partial charge < -0.3 is 25.3 Å². The summed E-state index contributed by atoms with van der Waals surface area (Å²) in [6.07, 6.45) is 12.0. The van der Waals surface area contributed by atoms with Gasteiger partial charge in [0, 0.05) is 110 Å². The number of likely N-dealkylation sites (N-methyl/N-ethyl adjacent to an activating group) is 1. The number of hydrogen-bond acceptors (Lipinski definition) is 9. The van der Waals surface area contributed by atoms with E-state index in [0.717, 1.165) is 118 Å². The van der Waals surface area contributed by atoms with Crippen molar-refractivity contribution in [2.45, 2.75) is 63.8 Å². The Morgan fingerprint density at radius 3 is 2.47 bits per heavy atom. The molecule has 4 aliphatic rings. The molecule has 10 nitrogen and oxygen atoms in total. The Hall–Kier alpha value is -5.06. The molecule has 8 rings (SSSR count). The third-order valence-corrected chi connectivity index (χ3v) is 13.3. The van der Waals surface area contributed by atoms with Gasteiger partial charge in [0.1, 0.15) is 5.02 Å². The van der Waals surface area contributed by atoms with Gasteiger partial charge in [0.2, 0.25) is 5.95 Å². The number of nitrogens with zero attached hydrogens (tertiary/aromatic N) is 8. The zero-order valence-electron chi connectivity index (χ0n) is 34.1. The highest BCUT2D eigenvalue weighted by atomic mass is 35.5. The summed E-state index contributed by atoms with van der Waals surface area (Å²) in [6, 6.07) is 13.2. The third-order valence-electron chi connectivity index (χ3n) is 13.0. The molecule has 11 heteroatoms. The number of allylic oxidation sites excluding steroid dienone is 4. The van der Waals surface area contributed by atoms with E-state index in [1.54, 1.807) is 6.20 Å². The van der Waals surface area contributed by atoms with E-state index in [-0.39, 0.29) is 11.5 Å². The molecule has 298 valence electrons. The minimum atomic E-state index is 0.0846. The summed E-state index contributed by atoms with van der Waals surface area (Å²) >= 11 is 6.67. The Labute approximate surface area is 343 Å². The molecule has 2 aromatic heterocycles. The number of benzene rings is 2. The smallest absolute Gasteiger partial charge is 0.227 e. The SMILES string of the molecule is C=CCCC1=Cc2cc(Nc3nc(N4CCN(C(C)(C)C5CCN(c6ccc7c(C8CCC(=C)NC8=C)nn(C)c7c6)CC5)CC4)ncc3Cl)ccc2N(C)C1=C. The molecule has 2 N–H and O–H groups in total. The normalized spacial score (nSPS) is 19.8. The number of aryl methyl sites for hydroxylation is 1. The Kier molecular flexibility index (Phi) is 10.7. The van der Waals surface area contributed by atoms with Crippen molar-refractivity contribution >= 4 is 57.4 Å². The summed E-state index contributed by atoms with van der Waals surface area (Å²) in [4.78, 5) is 19.3. The number of halogens is 1. The van der Waals surface area contributed by atoms with Gasteiger partial charge in [-0.15, -0.1) is 6.58 Å². The van der Waals surface area contributed by atoms with Crippen molar-refractivity contribution in [3.63, 3.8) is 0 Å². The van der Waals surface area contributed by atoms with Gasteiger partial charge in [-0.25, -0.2) is 4.98 Å². The fourth-order valence-corrected chi connectivity index (χ4v) is 9.52. The van der Waals surface area contributed by atoms with Crippen LogP contribution in [0.1, 0.15) is 69.5 Å². The van der Waals surface area contributed by atoms with E-state index in [2.05, 4.69) is 132 Å². The Bertz CT molecular complexity index is 2250. The van der Waals surface area contributed by atoms with Crippen molar-refractivity contribution in [3.8, 4) is 0 Å². The number of anilines is 5. The minimum absolute atomic E-state index is 0.0846. The van der Waals surface area contributed by atoms with Crippen LogP contribution in [0.25, 0.3) is 17.0 Å². The second-order valence-electron chi connectivity index (χ2n) is 16.7. The Morgan fingerprint density at radius 1 is 0.965 bits per heavy atom.